The van der Waals surface area contributed by atoms with Gasteiger partial charge in [-0.1, -0.05) is 29.7 Å². The van der Waals surface area contributed by atoms with E-state index in [9.17, 15) is 0 Å². The molecule has 0 radical (unpaired) electrons. The van der Waals surface area contributed by atoms with Crippen LogP contribution in [0.5, 0.6) is 0 Å². The summed E-state index contributed by atoms with van der Waals surface area (Å²) in [4.78, 5) is 0. The number of nitrogens with one attached hydrogen (secondary N) is 1. The molecule has 0 fully saturated rings. The monoisotopic (exact) mass is 143 g/mol. The molecule has 52 valence electrons. The Bertz CT molecular complexity index is 112. The summed E-state index contributed by atoms with van der Waals surface area (Å²) < 4.78 is 2.94. The third-order valence-corrected chi connectivity index (χ3v) is 1.22. The molecule has 9 heavy (non-hydrogen) atoms. The van der Waals surface area contributed by atoms with Gasteiger partial charge in [-0.2, -0.15) is 0 Å². The molecule has 0 aliphatic heterocycles. The molecule has 2 heteroatoms. The lowest BCUT2D eigenvalue weighted by molar-refractivity contribution is 1.31. The minimum Gasteiger partial charge on any atom is -0.263 e. The lowest BCUT2D eigenvalue weighted by Gasteiger charge is -1.84. The highest BCUT2D eigenvalue weighted by molar-refractivity contribution is 8.00. The largest absolute Gasteiger partial charge is 0.263 e. The van der Waals surface area contributed by atoms with Crippen LogP contribution in [0.4, 0.5) is 0 Å². The highest BCUT2D eigenvalue weighted by Crippen LogP contribution is 1.95. The van der Waals surface area contributed by atoms with Crippen molar-refractivity contribution in [3.8, 4) is 0 Å². The van der Waals surface area contributed by atoms with Gasteiger partial charge in [0.1, 0.15) is 0 Å². The Balaban J connectivity index is 3.35. The van der Waals surface area contributed by atoms with Crippen molar-refractivity contribution in [3.05, 3.63) is 23.1 Å². The van der Waals surface area contributed by atoms with Crippen LogP contribution in [0, 0.1) is 0 Å². The highest BCUT2D eigenvalue weighted by atomic mass is 32.2. The standard InChI is InChI=1S/C7H13NS/c1-7(2)5-4-6-9-8-3/h4-6,8H,1-3H3/b6-4-. The Labute approximate surface area is 61.4 Å². The fourth-order valence-electron chi connectivity index (χ4n) is 0.339. The minimum atomic E-state index is 1.32. The van der Waals surface area contributed by atoms with E-state index in [4.69, 9.17) is 0 Å². The lowest BCUT2D eigenvalue weighted by Crippen LogP contribution is -1.85. The first-order valence-corrected chi connectivity index (χ1v) is 3.77. The third kappa shape index (κ3) is 7.79. The summed E-state index contributed by atoms with van der Waals surface area (Å²) in [6.07, 6.45) is 4.10. The summed E-state index contributed by atoms with van der Waals surface area (Å²) in [7, 11) is 1.90. The van der Waals surface area contributed by atoms with Crippen LogP contribution in [0.1, 0.15) is 13.8 Å². The summed E-state index contributed by atoms with van der Waals surface area (Å²) in [5.74, 6) is 0. The predicted molar refractivity (Wildman–Crippen MR) is 45.2 cm³/mol. The van der Waals surface area contributed by atoms with E-state index < -0.39 is 0 Å². The second-order valence-electron chi connectivity index (χ2n) is 1.89. The molecule has 0 atom stereocenters. The van der Waals surface area contributed by atoms with E-state index in [0.717, 1.165) is 0 Å². The van der Waals surface area contributed by atoms with E-state index >= 15 is 0 Å². The zero-order chi connectivity index (χ0) is 7.11. The van der Waals surface area contributed by atoms with E-state index in [1.54, 1.807) is 11.9 Å². The minimum absolute atomic E-state index is 1.32. The maximum atomic E-state index is 2.94. The van der Waals surface area contributed by atoms with Gasteiger partial charge in [-0.05, 0) is 26.3 Å². The molecule has 0 aliphatic rings. The Morgan fingerprint density at radius 2 is 2.11 bits per heavy atom. The van der Waals surface area contributed by atoms with Gasteiger partial charge in [0.15, 0.2) is 0 Å². The van der Waals surface area contributed by atoms with E-state index in [-0.39, 0.29) is 0 Å². The van der Waals surface area contributed by atoms with Crippen LogP contribution in [0.15, 0.2) is 23.1 Å². The van der Waals surface area contributed by atoms with Gasteiger partial charge in [0, 0.05) is 0 Å². The van der Waals surface area contributed by atoms with Crippen molar-refractivity contribution in [3.63, 3.8) is 0 Å². The molecule has 0 aliphatic carbocycles. The zero-order valence-corrected chi connectivity index (χ0v) is 6.96. The van der Waals surface area contributed by atoms with Gasteiger partial charge < -0.3 is 0 Å². The average Bonchev–Trinajstić information content (AvgIpc) is 1.80. The average molecular weight is 143 g/mol. The first-order chi connectivity index (χ1) is 4.27. The van der Waals surface area contributed by atoms with Crippen LogP contribution in [-0.2, 0) is 0 Å². The Morgan fingerprint density at radius 3 is 2.56 bits per heavy atom. The van der Waals surface area contributed by atoms with Crippen molar-refractivity contribution in [1.29, 1.82) is 0 Å². The van der Waals surface area contributed by atoms with E-state index in [1.807, 2.05) is 18.5 Å². The molecule has 0 amide bonds. The molecule has 0 saturated heterocycles. The van der Waals surface area contributed by atoms with Gasteiger partial charge in [-0.25, -0.2) is 0 Å². The Morgan fingerprint density at radius 1 is 1.44 bits per heavy atom. The van der Waals surface area contributed by atoms with Crippen LogP contribution >= 0.6 is 11.9 Å². The maximum absolute atomic E-state index is 2.94. The second-order valence-corrected chi connectivity index (χ2v) is 2.81. The zero-order valence-electron chi connectivity index (χ0n) is 6.14. The van der Waals surface area contributed by atoms with Crippen LogP contribution in [0.3, 0.4) is 0 Å². The van der Waals surface area contributed by atoms with E-state index in [0.29, 0.717) is 0 Å². The molecule has 0 bridgehead atoms. The molecule has 0 aromatic rings. The molecule has 0 saturated carbocycles. The molecule has 1 N–H and O–H groups in total. The van der Waals surface area contributed by atoms with Crippen LogP contribution in [-0.4, -0.2) is 7.05 Å². The van der Waals surface area contributed by atoms with Gasteiger partial charge >= 0.3 is 0 Å². The first kappa shape index (κ1) is 8.79. The van der Waals surface area contributed by atoms with Crippen molar-refractivity contribution < 1.29 is 0 Å². The quantitative estimate of drug-likeness (QED) is 0.480. The summed E-state index contributed by atoms with van der Waals surface area (Å²) >= 11 is 1.57. The van der Waals surface area contributed by atoms with E-state index in [1.165, 1.54) is 5.57 Å². The van der Waals surface area contributed by atoms with Crippen molar-refractivity contribution in [2.24, 2.45) is 0 Å². The molecular formula is C7H13NS. The fraction of sp³-hybridized carbons (Fsp3) is 0.429. The van der Waals surface area contributed by atoms with Crippen LogP contribution in [0.2, 0.25) is 0 Å². The molecule has 0 unspecified atom stereocenters. The molecule has 0 aromatic carbocycles. The first-order valence-electron chi connectivity index (χ1n) is 2.90. The topological polar surface area (TPSA) is 12.0 Å². The SMILES string of the molecule is CNS/C=C\C=C(C)C. The van der Waals surface area contributed by atoms with Crippen molar-refractivity contribution >= 4 is 11.9 Å². The summed E-state index contributed by atoms with van der Waals surface area (Å²) in [6.45, 7) is 4.16. The normalized spacial score (nSPS) is 10.1. The van der Waals surface area contributed by atoms with Crippen molar-refractivity contribution in [1.82, 2.24) is 4.72 Å². The van der Waals surface area contributed by atoms with Gasteiger partial charge in [0.05, 0.1) is 0 Å². The summed E-state index contributed by atoms with van der Waals surface area (Å²) in [6, 6.07) is 0. The van der Waals surface area contributed by atoms with Crippen LogP contribution < -0.4 is 4.72 Å². The number of rotatable bonds is 3. The highest BCUT2D eigenvalue weighted by Gasteiger charge is 1.70. The molecule has 0 heterocycles. The molecule has 0 rings (SSSR count). The van der Waals surface area contributed by atoms with Gasteiger partial charge in [0.2, 0.25) is 0 Å². The van der Waals surface area contributed by atoms with Gasteiger partial charge in [-0.3, -0.25) is 4.72 Å². The Kier molecular flexibility index (Phi) is 5.78. The summed E-state index contributed by atoms with van der Waals surface area (Å²) in [5, 5.41) is 2.01. The Hall–Kier alpha value is -0.210. The molecular weight excluding hydrogens is 130 g/mol. The maximum Gasteiger partial charge on any atom is -0.00533 e. The smallest absolute Gasteiger partial charge is 0.00533 e. The number of allylic oxidation sites excluding steroid dienone is 3. The number of hydrogen-bond donors (Lipinski definition) is 1. The van der Waals surface area contributed by atoms with Crippen molar-refractivity contribution in [2.75, 3.05) is 7.05 Å². The second kappa shape index (κ2) is 5.92. The molecule has 1 nitrogen and oxygen atoms in total. The molecule has 0 spiro atoms. The van der Waals surface area contributed by atoms with Crippen LogP contribution in [0.25, 0.3) is 0 Å². The van der Waals surface area contributed by atoms with Crippen molar-refractivity contribution in [2.45, 2.75) is 13.8 Å². The molecule has 0 aromatic heterocycles. The predicted octanol–water partition coefficient (Wildman–Crippen LogP) is 2.33. The number of hydrogen-bond acceptors (Lipinski definition) is 2. The summed E-state index contributed by atoms with van der Waals surface area (Å²) in [5.41, 5.74) is 1.32. The fourth-order valence-corrected chi connectivity index (χ4v) is 0.632. The lowest BCUT2D eigenvalue weighted by atomic mass is 10.3. The third-order valence-electron chi connectivity index (χ3n) is 0.694. The van der Waals surface area contributed by atoms with E-state index in [2.05, 4.69) is 24.6 Å². The van der Waals surface area contributed by atoms with Gasteiger partial charge in [0.25, 0.3) is 0 Å². The van der Waals surface area contributed by atoms with Gasteiger partial charge in [-0.15, -0.1) is 0 Å².